The summed E-state index contributed by atoms with van der Waals surface area (Å²) in [6.07, 6.45) is 7.72. The molecule has 5 rings (SSSR count). The number of benzene rings is 1. The quantitative estimate of drug-likeness (QED) is 0.608. The summed E-state index contributed by atoms with van der Waals surface area (Å²) >= 11 is 0. The molecule has 26 heavy (non-hydrogen) atoms. The molecule has 3 aromatic heterocycles. The zero-order valence-corrected chi connectivity index (χ0v) is 14.0. The van der Waals surface area contributed by atoms with Gasteiger partial charge in [0, 0.05) is 30.4 Å². The van der Waals surface area contributed by atoms with Crippen molar-refractivity contribution in [2.24, 2.45) is 7.05 Å². The van der Waals surface area contributed by atoms with Crippen LogP contribution < -0.4 is 11.3 Å². The monoisotopic (exact) mass is 341 g/mol. The standard InChI is InChI=1S/C20H15N5O/c1-24-19-10-16(12-3-2-4-12)23-25(19)17-9-13(5-7-15(17)20(24)26)14-6-8-18(21)22-11-14/h2-11H,1H3,(H2,21,22). The maximum atomic E-state index is 12.8. The van der Waals surface area contributed by atoms with Crippen molar-refractivity contribution in [1.82, 2.24) is 19.2 Å². The molecule has 6 heteroatoms. The Morgan fingerprint density at radius 2 is 1.88 bits per heavy atom. The molecule has 0 bridgehead atoms. The van der Waals surface area contributed by atoms with Gasteiger partial charge in [-0.25, -0.2) is 9.50 Å². The van der Waals surface area contributed by atoms with Crippen LogP contribution in [0.4, 0.5) is 5.82 Å². The van der Waals surface area contributed by atoms with Crippen LogP contribution in [0.2, 0.25) is 0 Å². The summed E-state index contributed by atoms with van der Waals surface area (Å²) in [5, 5.41) is 5.34. The van der Waals surface area contributed by atoms with Gasteiger partial charge in [-0.05, 0) is 29.8 Å². The van der Waals surface area contributed by atoms with Gasteiger partial charge in [0.15, 0.2) is 0 Å². The number of fused-ring (bicyclic) bond motifs is 3. The normalized spacial score (nSPS) is 13.2. The Balaban J connectivity index is 1.81. The molecule has 0 unspecified atom stereocenters. The average Bonchev–Trinajstić information content (AvgIpc) is 3.03. The molecule has 3 heterocycles. The molecular weight excluding hydrogens is 326 g/mol. The first-order chi connectivity index (χ1) is 12.6. The molecule has 0 fully saturated rings. The minimum Gasteiger partial charge on any atom is -0.384 e. The molecule has 1 aromatic carbocycles. The highest BCUT2D eigenvalue weighted by molar-refractivity contribution is 5.87. The maximum Gasteiger partial charge on any atom is 0.261 e. The van der Waals surface area contributed by atoms with Gasteiger partial charge in [-0.3, -0.25) is 9.36 Å². The van der Waals surface area contributed by atoms with Gasteiger partial charge in [-0.2, -0.15) is 5.10 Å². The number of aryl methyl sites for hydroxylation is 1. The lowest BCUT2D eigenvalue weighted by molar-refractivity contribution is 0.848. The molecule has 126 valence electrons. The number of aromatic nitrogens is 4. The Morgan fingerprint density at radius 1 is 1.08 bits per heavy atom. The van der Waals surface area contributed by atoms with Crippen molar-refractivity contribution in [2.45, 2.75) is 0 Å². The number of rotatable bonds is 2. The fourth-order valence-corrected chi connectivity index (χ4v) is 3.22. The Labute approximate surface area is 148 Å². The number of nitrogens with zero attached hydrogens (tertiary/aromatic N) is 4. The maximum absolute atomic E-state index is 12.8. The second kappa shape index (κ2) is 5.16. The zero-order valence-electron chi connectivity index (χ0n) is 14.0. The summed E-state index contributed by atoms with van der Waals surface area (Å²) in [6, 6.07) is 11.4. The topological polar surface area (TPSA) is 78.2 Å². The first-order valence-electron chi connectivity index (χ1n) is 8.25. The SMILES string of the molecule is Cn1c(=O)c2ccc(-c3ccc(N)nc3)cc2n2nc(C3=CC=C3)cc12. The lowest BCUT2D eigenvalue weighted by atomic mass is 10.1. The summed E-state index contributed by atoms with van der Waals surface area (Å²) in [5.41, 5.74) is 11.0. The number of hydrogen-bond donors (Lipinski definition) is 1. The Bertz CT molecular complexity index is 1310. The number of nitrogen functional groups attached to an aromatic ring is 1. The zero-order chi connectivity index (χ0) is 17.8. The van der Waals surface area contributed by atoms with E-state index in [0.717, 1.165) is 33.6 Å². The van der Waals surface area contributed by atoms with E-state index in [-0.39, 0.29) is 5.56 Å². The van der Waals surface area contributed by atoms with E-state index in [1.807, 2.05) is 53.1 Å². The summed E-state index contributed by atoms with van der Waals surface area (Å²) < 4.78 is 3.46. The largest absolute Gasteiger partial charge is 0.384 e. The van der Waals surface area contributed by atoms with Gasteiger partial charge in [0.2, 0.25) is 0 Å². The number of nitrogens with two attached hydrogens (primary N) is 1. The molecule has 0 saturated carbocycles. The predicted octanol–water partition coefficient (Wildman–Crippen LogP) is 2.78. The van der Waals surface area contributed by atoms with Crippen molar-refractivity contribution < 1.29 is 0 Å². The van der Waals surface area contributed by atoms with Crippen LogP contribution in [0.3, 0.4) is 0 Å². The molecular formula is C20H15N5O. The Kier molecular flexibility index (Phi) is 2.91. The van der Waals surface area contributed by atoms with Gasteiger partial charge in [0.25, 0.3) is 5.56 Å². The second-order valence-corrected chi connectivity index (χ2v) is 6.35. The first-order valence-corrected chi connectivity index (χ1v) is 8.25. The minimum absolute atomic E-state index is 0.0425. The molecule has 2 N–H and O–H groups in total. The molecule has 0 spiro atoms. The molecule has 6 nitrogen and oxygen atoms in total. The van der Waals surface area contributed by atoms with Gasteiger partial charge in [-0.15, -0.1) is 0 Å². The fraction of sp³-hybridized carbons (Fsp3) is 0.0500. The van der Waals surface area contributed by atoms with Crippen LogP contribution in [0.1, 0.15) is 5.69 Å². The van der Waals surface area contributed by atoms with E-state index in [2.05, 4.69) is 4.98 Å². The molecule has 0 atom stereocenters. The third kappa shape index (κ3) is 2.02. The van der Waals surface area contributed by atoms with E-state index in [0.29, 0.717) is 11.2 Å². The van der Waals surface area contributed by atoms with Crippen LogP contribution in [0.5, 0.6) is 0 Å². The van der Waals surface area contributed by atoms with E-state index >= 15 is 0 Å². The first kappa shape index (κ1) is 14.7. The van der Waals surface area contributed by atoms with E-state index in [1.54, 1.807) is 23.9 Å². The van der Waals surface area contributed by atoms with Crippen molar-refractivity contribution in [3.05, 3.63) is 76.9 Å². The van der Waals surface area contributed by atoms with Gasteiger partial charge in [0.1, 0.15) is 11.5 Å². The minimum atomic E-state index is -0.0425. The van der Waals surface area contributed by atoms with E-state index in [1.165, 1.54) is 0 Å². The molecule has 4 aromatic rings. The van der Waals surface area contributed by atoms with Crippen molar-refractivity contribution in [1.29, 1.82) is 0 Å². The van der Waals surface area contributed by atoms with Crippen LogP contribution in [-0.2, 0) is 7.05 Å². The van der Waals surface area contributed by atoms with Crippen molar-refractivity contribution in [3.63, 3.8) is 0 Å². The fourth-order valence-electron chi connectivity index (χ4n) is 3.22. The molecule has 0 radical (unpaired) electrons. The van der Waals surface area contributed by atoms with Crippen molar-refractivity contribution in [2.75, 3.05) is 5.73 Å². The van der Waals surface area contributed by atoms with Crippen LogP contribution in [0.25, 0.3) is 33.3 Å². The second-order valence-electron chi connectivity index (χ2n) is 6.35. The molecule has 0 saturated heterocycles. The smallest absolute Gasteiger partial charge is 0.261 e. The van der Waals surface area contributed by atoms with Gasteiger partial charge < -0.3 is 5.73 Å². The average molecular weight is 341 g/mol. The summed E-state index contributed by atoms with van der Waals surface area (Å²) in [5.74, 6) is 0.476. The van der Waals surface area contributed by atoms with Crippen molar-refractivity contribution in [3.8, 4) is 11.1 Å². The van der Waals surface area contributed by atoms with Crippen molar-refractivity contribution >= 4 is 27.9 Å². The van der Waals surface area contributed by atoms with Gasteiger partial charge in [-0.1, -0.05) is 24.3 Å². The lowest BCUT2D eigenvalue weighted by Gasteiger charge is -2.08. The summed E-state index contributed by atoms with van der Waals surface area (Å²) in [6.45, 7) is 0. The van der Waals surface area contributed by atoms with E-state index < -0.39 is 0 Å². The highest BCUT2D eigenvalue weighted by Gasteiger charge is 2.15. The van der Waals surface area contributed by atoms with Gasteiger partial charge in [0.05, 0.1) is 16.6 Å². The van der Waals surface area contributed by atoms with E-state index in [4.69, 9.17) is 10.8 Å². The van der Waals surface area contributed by atoms with Crippen LogP contribution in [0, 0.1) is 0 Å². The summed E-state index contributed by atoms with van der Waals surface area (Å²) in [4.78, 5) is 16.9. The van der Waals surface area contributed by atoms with Gasteiger partial charge >= 0.3 is 0 Å². The third-order valence-electron chi connectivity index (χ3n) is 4.76. The summed E-state index contributed by atoms with van der Waals surface area (Å²) in [7, 11) is 1.77. The van der Waals surface area contributed by atoms with Crippen LogP contribution in [0.15, 0.2) is 65.6 Å². The number of allylic oxidation sites excluding steroid dienone is 4. The molecule has 1 aliphatic rings. The Morgan fingerprint density at radius 3 is 2.58 bits per heavy atom. The molecule has 0 aliphatic heterocycles. The predicted molar refractivity (Wildman–Crippen MR) is 103 cm³/mol. The lowest BCUT2D eigenvalue weighted by Crippen LogP contribution is -2.19. The Hall–Kier alpha value is -3.67. The van der Waals surface area contributed by atoms with E-state index in [9.17, 15) is 4.79 Å². The molecule has 0 amide bonds. The number of pyridine rings is 1. The number of anilines is 1. The number of hydrogen-bond acceptors (Lipinski definition) is 4. The van der Waals surface area contributed by atoms with Crippen LogP contribution in [-0.4, -0.2) is 19.2 Å². The highest BCUT2D eigenvalue weighted by Crippen LogP contribution is 2.26. The highest BCUT2D eigenvalue weighted by atomic mass is 16.1. The molecule has 1 aliphatic carbocycles. The third-order valence-corrected chi connectivity index (χ3v) is 4.76. The van der Waals surface area contributed by atoms with Crippen LogP contribution >= 0.6 is 0 Å².